The van der Waals surface area contributed by atoms with Gasteiger partial charge in [-0.15, -0.1) is 0 Å². The van der Waals surface area contributed by atoms with Crippen LogP contribution >= 0.6 is 15.9 Å². The van der Waals surface area contributed by atoms with Crippen LogP contribution < -0.4 is 4.74 Å². The Morgan fingerprint density at radius 3 is 2.77 bits per heavy atom. The van der Waals surface area contributed by atoms with Crippen molar-refractivity contribution in [3.8, 4) is 34.1 Å². The van der Waals surface area contributed by atoms with E-state index in [-0.39, 0.29) is 40.7 Å². The lowest BCUT2D eigenvalue weighted by Gasteiger charge is -2.06. The third kappa shape index (κ3) is 5.16. The Labute approximate surface area is 235 Å². The molecule has 0 fully saturated rings. The number of phenolic OH excluding ortho intramolecular Hbond substituents is 1. The van der Waals surface area contributed by atoms with Crippen LogP contribution in [-0.2, 0) is 4.74 Å². The molecule has 5 rings (SSSR count). The van der Waals surface area contributed by atoms with Gasteiger partial charge in [-0.3, -0.25) is 14.5 Å². The Bertz CT molecular complexity index is 1790. The van der Waals surface area contributed by atoms with Crippen LogP contribution in [0.25, 0.3) is 28.2 Å². The molecular formula is C28H21BrN4O7. The van der Waals surface area contributed by atoms with Crippen LogP contribution in [0.1, 0.15) is 23.0 Å². The number of aromatic nitrogens is 2. The number of nitro benzene ring substituents is 1. The van der Waals surface area contributed by atoms with E-state index in [4.69, 9.17) is 18.9 Å². The molecule has 5 aromatic rings. The Kier molecular flexibility index (Phi) is 7.34. The summed E-state index contributed by atoms with van der Waals surface area (Å²) in [6.07, 6.45) is 3.30. The number of methoxy groups -OCH3 is 1. The highest BCUT2D eigenvalue weighted by molar-refractivity contribution is 9.10. The molecule has 40 heavy (non-hydrogen) atoms. The number of furan rings is 1. The second-order valence-electron chi connectivity index (χ2n) is 8.42. The molecular weight excluding hydrogens is 584 g/mol. The molecule has 0 atom stereocenters. The monoisotopic (exact) mass is 604 g/mol. The van der Waals surface area contributed by atoms with Crippen molar-refractivity contribution in [1.82, 2.24) is 9.38 Å². The number of aliphatic imine (C=N–C) groups is 1. The summed E-state index contributed by atoms with van der Waals surface area (Å²) in [6, 6.07) is 15.8. The van der Waals surface area contributed by atoms with Gasteiger partial charge in [0.2, 0.25) is 0 Å². The molecule has 0 aliphatic rings. The summed E-state index contributed by atoms with van der Waals surface area (Å²) in [5.41, 5.74) is 1.81. The number of carbonyl (C=O) groups is 1. The zero-order chi connectivity index (χ0) is 28.4. The molecule has 3 aromatic heterocycles. The Morgan fingerprint density at radius 1 is 1.20 bits per heavy atom. The standard InChI is InChI=1S/C28H21BrN4O7/c1-3-39-28(35)17-4-8-20(21(12-17)33(36)37)23-10-7-19(40-23)14-30-27-26(16-5-9-22(34)24(13-16)38-2)31-25-11-6-18(29)15-32(25)27/h4-15,34H,3H2,1-2H3. The molecule has 0 aliphatic heterocycles. The van der Waals surface area contributed by atoms with Gasteiger partial charge in [-0.05, 0) is 77.5 Å². The maximum Gasteiger partial charge on any atom is 0.338 e. The molecule has 0 amide bonds. The van der Waals surface area contributed by atoms with Crippen LogP contribution in [0.2, 0.25) is 0 Å². The van der Waals surface area contributed by atoms with Gasteiger partial charge in [-0.2, -0.15) is 0 Å². The highest BCUT2D eigenvalue weighted by atomic mass is 79.9. The minimum Gasteiger partial charge on any atom is -0.504 e. The summed E-state index contributed by atoms with van der Waals surface area (Å²) in [6.45, 7) is 1.81. The number of halogens is 1. The van der Waals surface area contributed by atoms with Gasteiger partial charge in [0, 0.05) is 22.3 Å². The zero-order valence-corrected chi connectivity index (χ0v) is 22.8. The fourth-order valence-corrected chi connectivity index (χ4v) is 4.41. The van der Waals surface area contributed by atoms with E-state index in [9.17, 15) is 20.0 Å². The first kappa shape index (κ1) is 26.6. The lowest BCUT2D eigenvalue weighted by Crippen LogP contribution is -2.05. The lowest BCUT2D eigenvalue weighted by atomic mass is 10.1. The summed E-state index contributed by atoms with van der Waals surface area (Å²) in [4.78, 5) is 32.6. The van der Waals surface area contributed by atoms with Crippen LogP contribution in [-0.4, -0.2) is 45.3 Å². The molecule has 202 valence electrons. The second-order valence-corrected chi connectivity index (χ2v) is 9.33. The third-order valence-electron chi connectivity index (χ3n) is 5.92. The van der Waals surface area contributed by atoms with Crippen LogP contribution in [0.15, 0.2) is 80.7 Å². The number of hydrogen-bond donors (Lipinski definition) is 1. The smallest absolute Gasteiger partial charge is 0.338 e. The van der Waals surface area contributed by atoms with E-state index >= 15 is 0 Å². The van der Waals surface area contributed by atoms with Gasteiger partial charge in [0.25, 0.3) is 5.69 Å². The van der Waals surface area contributed by atoms with Gasteiger partial charge in [0.05, 0.1) is 36.0 Å². The third-order valence-corrected chi connectivity index (χ3v) is 6.39. The molecule has 2 aromatic carbocycles. The largest absolute Gasteiger partial charge is 0.504 e. The predicted molar refractivity (Wildman–Crippen MR) is 151 cm³/mol. The maximum atomic E-state index is 12.1. The number of rotatable bonds is 8. The SMILES string of the molecule is CCOC(=O)c1ccc(-c2ccc(C=Nc3c(-c4ccc(O)c(OC)c4)nc4ccc(Br)cn34)o2)c([N+](=O)[O-])c1. The van der Waals surface area contributed by atoms with E-state index in [1.807, 2.05) is 18.3 Å². The number of phenols is 1. The molecule has 11 nitrogen and oxygen atoms in total. The highest BCUT2D eigenvalue weighted by Crippen LogP contribution is 2.37. The molecule has 0 spiro atoms. The average Bonchev–Trinajstić information content (AvgIpc) is 3.56. The number of pyridine rings is 1. The first-order valence-electron chi connectivity index (χ1n) is 11.9. The van der Waals surface area contributed by atoms with Crippen molar-refractivity contribution in [1.29, 1.82) is 0 Å². The fourth-order valence-electron chi connectivity index (χ4n) is 4.07. The average molecular weight is 605 g/mol. The van der Waals surface area contributed by atoms with Gasteiger partial charge >= 0.3 is 5.97 Å². The van der Waals surface area contributed by atoms with E-state index < -0.39 is 10.9 Å². The van der Waals surface area contributed by atoms with Gasteiger partial charge in [-0.25, -0.2) is 14.8 Å². The molecule has 0 saturated heterocycles. The molecule has 0 radical (unpaired) electrons. The molecule has 0 bridgehead atoms. The predicted octanol–water partition coefficient (Wildman–Crippen LogP) is 6.57. The normalized spacial score (nSPS) is 11.3. The van der Waals surface area contributed by atoms with Crippen molar-refractivity contribution in [3.63, 3.8) is 0 Å². The summed E-state index contributed by atoms with van der Waals surface area (Å²) in [7, 11) is 1.46. The van der Waals surface area contributed by atoms with E-state index in [1.165, 1.54) is 31.5 Å². The Hall–Kier alpha value is -4.97. The summed E-state index contributed by atoms with van der Waals surface area (Å²) >= 11 is 3.47. The Morgan fingerprint density at radius 2 is 2.02 bits per heavy atom. The van der Waals surface area contributed by atoms with E-state index in [2.05, 4.69) is 20.9 Å². The van der Waals surface area contributed by atoms with Crippen molar-refractivity contribution < 1.29 is 28.7 Å². The van der Waals surface area contributed by atoms with Crippen molar-refractivity contribution in [3.05, 3.63) is 92.8 Å². The minimum atomic E-state index is -0.647. The van der Waals surface area contributed by atoms with E-state index in [0.29, 0.717) is 28.5 Å². The van der Waals surface area contributed by atoms with Gasteiger partial charge in [0.15, 0.2) is 17.3 Å². The van der Waals surface area contributed by atoms with Gasteiger partial charge in [-0.1, -0.05) is 0 Å². The van der Waals surface area contributed by atoms with Gasteiger partial charge in [0.1, 0.15) is 22.9 Å². The highest BCUT2D eigenvalue weighted by Gasteiger charge is 2.22. The number of imidazole rings is 1. The second kappa shape index (κ2) is 11.0. The van der Waals surface area contributed by atoms with Crippen molar-refractivity contribution in [2.75, 3.05) is 13.7 Å². The quantitative estimate of drug-likeness (QED) is 0.0906. The first-order valence-corrected chi connectivity index (χ1v) is 12.7. The first-order chi connectivity index (χ1) is 19.3. The van der Waals surface area contributed by atoms with E-state index in [1.54, 1.807) is 35.6 Å². The van der Waals surface area contributed by atoms with Gasteiger partial charge < -0.3 is 19.0 Å². The van der Waals surface area contributed by atoms with Crippen LogP contribution in [0.5, 0.6) is 11.5 Å². The van der Waals surface area contributed by atoms with Crippen molar-refractivity contribution >= 4 is 45.3 Å². The number of benzene rings is 2. The van der Waals surface area contributed by atoms with Crippen LogP contribution in [0, 0.1) is 10.1 Å². The lowest BCUT2D eigenvalue weighted by molar-refractivity contribution is -0.384. The minimum absolute atomic E-state index is 0.00435. The molecule has 0 unspecified atom stereocenters. The molecule has 3 heterocycles. The number of aromatic hydroxyl groups is 1. The summed E-state index contributed by atoms with van der Waals surface area (Å²) < 4.78 is 18.7. The van der Waals surface area contributed by atoms with Crippen molar-refractivity contribution in [2.45, 2.75) is 6.92 Å². The van der Waals surface area contributed by atoms with Crippen molar-refractivity contribution in [2.24, 2.45) is 4.99 Å². The zero-order valence-electron chi connectivity index (χ0n) is 21.2. The van der Waals surface area contributed by atoms with Crippen LogP contribution in [0.3, 0.4) is 0 Å². The topological polar surface area (TPSA) is 142 Å². The maximum absolute atomic E-state index is 12.1. The van der Waals surface area contributed by atoms with E-state index in [0.717, 1.165) is 10.5 Å². The fraction of sp³-hybridized carbons (Fsp3) is 0.107. The number of ether oxygens (including phenoxy) is 2. The van der Waals surface area contributed by atoms with Crippen LogP contribution in [0.4, 0.5) is 11.5 Å². The molecule has 1 N–H and O–H groups in total. The number of fused-ring (bicyclic) bond motifs is 1. The Balaban J connectivity index is 1.54. The number of carbonyl (C=O) groups excluding carboxylic acids is 1. The number of esters is 1. The number of nitro groups is 1. The molecule has 12 heteroatoms. The molecule has 0 saturated carbocycles. The number of hydrogen-bond acceptors (Lipinski definition) is 9. The number of nitrogens with zero attached hydrogens (tertiary/aromatic N) is 4. The summed E-state index contributed by atoms with van der Waals surface area (Å²) in [5, 5.41) is 21.8. The molecule has 0 aliphatic carbocycles. The summed E-state index contributed by atoms with van der Waals surface area (Å²) in [5.74, 6) is 0.677.